The molecule has 0 bridgehead atoms. The fraction of sp³-hybridized carbons (Fsp3) is 0.429. The van der Waals surface area contributed by atoms with Crippen LogP contribution in [0.4, 0.5) is 5.13 Å². The molecule has 0 aliphatic carbocycles. The Balaban J connectivity index is 1.46. The van der Waals surface area contributed by atoms with E-state index in [1.165, 1.54) is 19.3 Å². The number of aliphatic hydroxyl groups excluding tert-OH is 1. The number of hydrogen-bond donors (Lipinski definition) is 1. The Kier molecular flexibility index (Phi) is 5.92. The highest BCUT2D eigenvalue weighted by atomic mass is 32.1. The van der Waals surface area contributed by atoms with Crippen molar-refractivity contribution in [3.63, 3.8) is 0 Å². The molecule has 1 aliphatic heterocycles. The van der Waals surface area contributed by atoms with Crippen LogP contribution in [-0.4, -0.2) is 40.9 Å². The van der Waals surface area contributed by atoms with Gasteiger partial charge in [-0.25, -0.2) is 9.97 Å². The van der Waals surface area contributed by atoms with E-state index in [1.54, 1.807) is 11.3 Å². The number of piperidine rings is 1. The lowest BCUT2D eigenvalue weighted by atomic mass is 10.1. The molecule has 7 heteroatoms. The van der Waals surface area contributed by atoms with Gasteiger partial charge in [0, 0.05) is 36.3 Å². The van der Waals surface area contributed by atoms with E-state index in [1.807, 2.05) is 43.5 Å². The fourth-order valence-corrected chi connectivity index (χ4v) is 4.12. The summed E-state index contributed by atoms with van der Waals surface area (Å²) in [5, 5.41) is 10.4. The Morgan fingerprint density at radius 3 is 2.93 bits per heavy atom. The molecule has 0 radical (unpaired) electrons. The molecule has 3 aromatic rings. The molecular formula is C21H25N3O3S. The van der Waals surface area contributed by atoms with E-state index in [2.05, 4.69) is 14.9 Å². The highest BCUT2D eigenvalue weighted by Gasteiger charge is 2.14. The predicted molar refractivity (Wildman–Crippen MR) is 113 cm³/mol. The van der Waals surface area contributed by atoms with Crippen molar-refractivity contribution in [1.29, 1.82) is 0 Å². The van der Waals surface area contributed by atoms with Crippen molar-refractivity contribution in [2.24, 2.45) is 0 Å². The average molecular weight is 400 g/mol. The number of aliphatic hydroxyl groups is 1. The van der Waals surface area contributed by atoms with Crippen LogP contribution in [0, 0.1) is 0 Å². The number of hydrogen-bond acceptors (Lipinski definition) is 7. The van der Waals surface area contributed by atoms with Crippen molar-refractivity contribution >= 4 is 39.7 Å². The van der Waals surface area contributed by atoms with Crippen molar-refractivity contribution < 1.29 is 14.3 Å². The van der Waals surface area contributed by atoms with Gasteiger partial charge in [-0.3, -0.25) is 0 Å². The van der Waals surface area contributed by atoms with Crippen molar-refractivity contribution in [2.45, 2.75) is 38.7 Å². The topological polar surface area (TPSA) is 71.6 Å². The molecule has 1 unspecified atom stereocenters. The first-order valence-corrected chi connectivity index (χ1v) is 10.6. The van der Waals surface area contributed by atoms with E-state index >= 15 is 0 Å². The maximum Gasteiger partial charge on any atom is 0.220 e. The van der Waals surface area contributed by atoms with E-state index in [0.29, 0.717) is 17.2 Å². The molecule has 28 heavy (non-hydrogen) atoms. The Bertz CT molecular complexity index is 939. The summed E-state index contributed by atoms with van der Waals surface area (Å²) in [6.45, 7) is 4.17. The molecule has 1 atom stereocenters. The van der Waals surface area contributed by atoms with Gasteiger partial charge in [0.05, 0.1) is 6.61 Å². The second-order valence-electron chi connectivity index (χ2n) is 6.94. The molecule has 1 saturated heterocycles. The number of rotatable bonds is 7. The molecule has 0 amide bonds. The van der Waals surface area contributed by atoms with Crippen LogP contribution in [0.5, 0.6) is 5.75 Å². The van der Waals surface area contributed by atoms with Crippen molar-refractivity contribution in [1.82, 2.24) is 9.97 Å². The zero-order valence-electron chi connectivity index (χ0n) is 16.0. The highest BCUT2D eigenvalue weighted by molar-refractivity contribution is 7.16. The first kappa shape index (κ1) is 19.0. The SMILES string of the molecule is CCC(CO)Oc1ccc2nc(/C=C/c3cnc(N4CCCCC4)s3)oc2c1. The quantitative estimate of drug-likeness (QED) is 0.626. The van der Waals surface area contributed by atoms with E-state index in [9.17, 15) is 5.11 Å². The molecule has 1 N–H and O–H groups in total. The summed E-state index contributed by atoms with van der Waals surface area (Å²) in [6, 6.07) is 5.54. The number of nitrogens with zero attached hydrogens (tertiary/aromatic N) is 3. The lowest BCUT2D eigenvalue weighted by Gasteiger charge is -2.25. The molecule has 6 nitrogen and oxygen atoms in total. The number of benzene rings is 1. The van der Waals surface area contributed by atoms with Gasteiger partial charge in [-0.05, 0) is 43.9 Å². The van der Waals surface area contributed by atoms with Gasteiger partial charge >= 0.3 is 0 Å². The number of ether oxygens (including phenoxy) is 1. The average Bonchev–Trinajstić information content (AvgIpc) is 3.37. The molecular weight excluding hydrogens is 374 g/mol. The third kappa shape index (κ3) is 4.36. The summed E-state index contributed by atoms with van der Waals surface area (Å²) < 4.78 is 11.6. The number of anilines is 1. The minimum atomic E-state index is -0.208. The predicted octanol–water partition coefficient (Wildman–Crippen LogP) is 4.59. The van der Waals surface area contributed by atoms with Gasteiger partial charge in [0.15, 0.2) is 10.7 Å². The second-order valence-corrected chi connectivity index (χ2v) is 7.98. The largest absolute Gasteiger partial charge is 0.488 e. The molecule has 0 saturated carbocycles. The second kappa shape index (κ2) is 8.75. The van der Waals surface area contributed by atoms with E-state index in [-0.39, 0.29) is 12.7 Å². The first-order chi connectivity index (χ1) is 13.7. The van der Waals surface area contributed by atoms with Crippen LogP contribution in [0.1, 0.15) is 43.4 Å². The Labute approximate surface area is 168 Å². The molecule has 1 aliphatic rings. The monoisotopic (exact) mass is 399 g/mol. The van der Waals surface area contributed by atoms with E-state index < -0.39 is 0 Å². The van der Waals surface area contributed by atoms with Crippen LogP contribution >= 0.6 is 11.3 Å². The minimum absolute atomic E-state index is 0.00675. The normalized spacial score (nSPS) is 16.1. The minimum Gasteiger partial charge on any atom is -0.488 e. The van der Waals surface area contributed by atoms with Gasteiger partial charge < -0.3 is 19.2 Å². The molecule has 1 aromatic carbocycles. The van der Waals surface area contributed by atoms with Gasteiger partial charge in [-0.15, -0.1) is 0 Å². The summed E-state index contributed by atoms with van der Waals surface area (Å²) in [5.41, 5.74) is 1.45. The zero-order valence-corrected chi connectivity index (χ0v) is 16.8. The molecule has 3 heterocycles. The summed E-state index contributed by atoms with van der Waals surface area (Å²) in [5.74, 6) is 1.22. The number of fused-ring (bicyclic) bond motifs is 1. The molecule has 4 rings (SSSR count). The Hall–Kier alpha value is -2.38. The van der Waals surface area contributed by atoms with Crippen molar-refractivity contribution in [3.8, 4) is 5.75 Å². The first-order valence-electron chi connectivity index (χ1n) is 9.82. The van der Waals surface area contributed by atoms with Crippen molar-refractivity contribution in [3.05, 3.63) is 35.2 Å². The molecule has 2 aromatic heterocycles. The lowest BCUT2D eigenvalue weighted by Crippen LogP contribution is -2.29. The van der Waals surface area contributed by atoms with Crippen molar-refractivity contribution in [2.75, 3.05) is 24.6 Å². The Morgan fingerprint density at radius 2 is 2.14 bits per heavy atom. The van der Waals surface area contributed by atoms with Gasteiger partial charge in [0.2, 0.25) is 5.89 Å². The third-order valence-electron chi connectivity index (χ3n) is 4.87. The van der Waals surface area contributed by atoms with Crippen LogP contribution in [0.2, 0.25) is 0 Å². The van der Waals surface area contributed by atoms with Gasteiger partial charge in [-0.1, -0.05) is 18.3 Å². The van der Waals surface area contributed by atoms with Gasteiger partial charge in [0.25, 0.3) is 0 Å². The molecule has 148 valence electrons. The Morgan fingerprint density at radius 1 is 1.29 bits per heavy atom. The standard InChI is InChI=1S/C21H25N3O3S/c1-2-15(14-25)26-16-6-8-18-19(12-16)27-20(23-18)9-7-17-13-22-21(28-17)24-10-4-3-5-11-24/h6-9,12-13,15,25H,2-5,10-11,14H2,1H3/b9-7+. The van der Waals surface area contributed by atoms with E-state index in [0.717, 1.165) is 35.0 Å². The van der Waals surface area contributed by atoms with Crippen LogP contribution in [0.3, 0.4) is 0 Å². The maximum atomic E-state index is 9.29. The lowest BCUT2D eigenvalue weighted by molar-refractivity contribution is 0.112. The number of thiazole rings is 1. The maximum absolute atomic E-state index is 9.29. The van der Waals surface area contributed by atoms with Crippen LogP contribution < -0.4 is 9.64 Å². The molecule has 1 fully saturated rings. The number of aromatic nitrogens is 2. The van der Waals surface area contributed by atoms with Crippen LogP contribution in [0.15, 0.2) is 28.8 Å². The summed E-state index contributed by atoms with van der Waals surface area (Å²) in [7, 11) is 0. The van der Waals surface area contributed by atoms with Gasteiger partial charge in [0.1, 0.15) is 17.4 Å². The number of oxazole rings is 1. The smallest absolute Gasteiger partial charge is 0.220 e. The summed E-state index contributed by atoms with van der Waals surface area (Å²) in [6.07, 6.45) is 10.1. The van der Waals surface area contributed by atoms with Gasteiger partial charge in [-0.2, -0.15) is 0 Å². The highest BCUT2D eigenvalue weighted by Crippen LogP contribution is 2.27. The third-order valence-corrected chi connectivity index (χ3v) is 5.89. The summed E-state index contributed by atoms with van der Waals surface area (Å²) in [4.78, 5) is 12.5. The molecule has 0 spiro atoms. The van der Waals surface area contributed by atoms with Crippen LogP contribution in [0.25, 0.3) is 23.3 Å². The van der Waals surface area contributed by atoms with E-state index in [4.69, 9.17) is 9.15 Å². The fourth-order valence-electron chi connectivity index (χ4n) is 3.25. The van der Waals surface area contributed by atoms with Crippen LogP contribution in [-0.2, 0) is 0 Å². The zero-order chi connectivity index (χ0) is 19.3. The summed E-state index contributed by atoms with van der Waals surface area (Å²) >= 11 is 1.69.